The van der Waals surface area contributed by atoms with Crippen LogP contribution < -0.4 is 10.6 Å². The number of piperidine rings is 1. The van der Waals surface area contributed by atoms with E-state index in [0.29, 0.717) is 0 Å². The molecule has 5 heteroatoms. The number of carbonyl (C=O) groups excluding carboxylic acids is 1. The van der Waals surface area contributed by atoms with Gasteiger partial charge in [0.2, 0.25) is 5.91 Å². The third-order valence-corrected chi connectivity index (χ3v) is 3.09. The Hall–Kier alpha value is -0.940. The standard InChI is InChI=1S/C11H14BrN3O/c12-10-5-4-8(7-14-10)15-11(16)9-3-1-2-6-13-9/h4-5,7,9,13H,1-3,6H2,(H,15,16)/t9-/m1/s1. The van der Waals surface area contributed by atoms with E-state index in [1.165, 1.54) is 0 Å². The quantitative estimate of drug-likeness (QED) is 0.816. The van der Waals surface area contributed by atoms with E-state index in [1.807, 2.05) is 12.1 Å². The van der Waals surface area contributed by atoms with Crippen molar-refractivity contribution in [1.82, 2.24) is 10.3 Å². The Morgan fingerprint density at radius 3 is 3.00 bits per heavy atom. The molecule has 0 radical (unpaired) electrons. The zero-order valence-corrected chi connectivity index (χ0v) is 10.5. The molecule has 1 aromatic heterocycles. The molecule has 0 aliphatic carbocycles. The van der Waals surface area contributed by atoms with Crippen molar-refractivity contribution in [3.05, 3.63) is 22.9 Å². The van der Waals surface area contributed by atoms with Crippen LogP contribution in [0.15, 0.2) is 22.9 Å². The number of anilines is 1. The summed E-state index contributed by atoms with van der Waals surface area (Å²) in [6.07, 6.45) is 4.83. The minimum absolute atomic E-state index is 0.0313. The van der Waals surface area contributed by atoms with Gasteiger partial charge in [-0.05, 0) is 47.4 Å². The average molecular weight is 284 g/mol. The van der Waals surface area contributed by atoms with Crippen LogP contribution in [0.1, 0.15) is 19.3 Å². The van der Waals surface area contributed by atoms with E-state index >= 15 is 0 Å². The lowest BCUT2D eigenvalue weighted by Gasteiger charge is -2.22. The number of halogens is 1. The molecule has 86 valence electrons. The van der Waals surface area contributed by atoms with Gasteiger partial charge in [-0.1, -0.05) is 6.42 Å². The summed E-state index contributed by atoms with van der Waals surface area (Å²) in [4.78, 5) is 15.9. The predicted molar refractivity (Wildman–Crippen MR) is 66.2 cm³/mol. The Balaban J connectivity index is 1.93. The van der Waals surface area contributed by atoms with Crippen molar-refractivity contribution in [1.29, 1.82) is 0 Å². The van der Waals surface area contributed by atoms with Gasteiger partial charge in [0.05, 0.1) is 17.9 Å². The first-order valence-electron chi connectivity index (χ1n) is 5.41. The van der Waals surface area contributed by atoms with E-state index in [-0.39, 0.29) is 11.9 Å². The number of nitrogens with zero attached hydrogens (tertiary/aromatic N) is 1. The number of aromatic nitrogens is 1. The summed E-state index contributed by atoms with van der Waals surface area (Å²) >= 11 is 3.25. The molecule has 1 aliphatic heterocycles. The monoisotopic (exact) mass is 283 g/mol. The van der Waals surface area contributed by atoms with E-state index < -0.39 is 0 Å². The molecule has 1 amide bonds. The van der Waals surface area contributed by atoms with E-state index in [4.69, 9.17) is 0 Å². The van der Waals surface area contributed by atoms with Gasteiger partial charge in [0, 0.05) is 0 Å². The summed E-state index contributed by atoms with van der Waals surface area (Å²) in [6.45, 7) is 0.927. The Morgan fingerprint density at radius 2 is 2.38 bits per heavy atom. The molecule has 0 saturated carbocycles. The molecular formula is C11H14BrN3O. The van der Waals surface area contributed by atoms with Gasteiger partial charge in [-0.25, -0.2) is 4.98 Å². The normalized spacial score (nSPS) is 20.4. The van der Waals surface area contributed by atoms with Gasteiger partial charge >= 0.3 is 0 Å². The molecule has 0 aromatic carbocycles. The van der Waals surface area contributed by atoms with E-state index in [2.05, 4.69) is 31.5 Å². The Morgan fingerprint density at radius 1 is 1.50 bits per heavy atom. The maximum Gasteiger partial charge on any atom is 0.241 e. The molecule has 0 unspecified atom stereocenters. The van der Waals surface area contributed by atoms with Crippen LogP contribution in [0.3, 0.4) is 0 Å². The molecule has 1 saturated heterocycles. The SMILES string of the molecule is O=C(Nc1ccc(Br)nc1)[C@H]1CCCCN1. The van der Waals surface area contributed by atoms with Crippen molar-refractivity contribution in [2.45, 2.75) is 25.3 Å². The van der Waals surface area contributed by atoms with Gasteiger partial charge < -0.3 is 10.6 Å². The topological polar surface area (TPSA) is 54.0 Å². The summed E-state index contributed by atoms with van der Waals surface area (Å²) in [5.74, 6) is 0.0313. The molecule has 2 heterocycles. The minimum Gasteiger partial charge on any atom is -0.323 e. The van der Waals surface area contributed by atoms with Gasteiger partial charge in [-0.3, -0.25) is 4.79 Å². The van der Waals surface area contributed by atoms with Gasteiger partial charge in [0.15, 0.2) is 0 Å². The van der Waals surface area contributed by atoms with Crippen molar-refractivity contribution in [2.75, 3.05) is 11.9 Å². The van der Waals surface area contributed by atoms with Gasteiger partial charge in [0.25, 0.3) is 0 Å². The van der Waals surface area contributed by atoms with Crippen molar-refractivity contribution >= 4 is 27.5 Å². The van der Waals surface area contributed by atoms with Gasteiger partial charge in [-0.2, -0.15) is 0 Å². The summed E-state index contributed by atoms with van der Waals surface area (Å²) in [6, 6.07) is 3.58. The number of amides is 1. The number of nitrogens with one attached hydrogen (secondary N) is 2. The molecule has 2 N–H and O–H groups in total. The van der Waals surface area contributed by atoms with E-state index in [1.54, 1.807) is 6.20 Å². The second-order valence-electron chi connectivity index (χ2n) is 3.86. The molecule has 1 atom stereocenters. The summed E-state index contributed by atoms with van der Waals surface area (Å²) in [7, 11) is 0. The van der Waals surface area contributed by atoms with Crippen molar-refractivity contribution in [2.24, 2.45) is 0 Å². The number of rotatable bonds is 2. The fraction of sp³-hybridized carbons (Fsp3) is 0.455. The molecule has 1 fully saturated rings. The maximum absolute atomic E-state index is 11.8. The third-order valence-electron chi connectivity index (χ3n) is 2.62. The molecular weight excluding hydrogens is 270 g/mol. The first-order chi connectivity index (χ1) is 7.75. The lowest BCUT2D eigenvalue weighted by Crippen LogP contribution is -2.43. The van der Waals surface area contributed by atoms with Crippen LogP contribution in [0.2, 0.25) is 0 Å². The fourth-order valence-electron chi connectivity index (χ4n) is 1.75. The lowest BCUT2D eigenvalue weighted by molar-refractivity contribution is -0.118. The summed E-state index contributed by atoms with van der Waals surface area (Å²) in [5, 5.41) is 6.06. The largest absolute Gasteiger partial charge is 0.323 e. The van der Waals surface area contributed by atoms with E-state index in [0.717, 1.165) is 36.1 Å². The highest BCUT2D eigenvalue weighted by Gasteiger charge is 2.20. The van der Waals surface area contributed by atoms with Crippen LogP contribution in [-0.4, -0.2) is 23.5 Å². The minimum atomic E-state index is -0.0580. The predicted octanol–water partition coefficient (Wildman–Crippen LogP) is 1.92. The van der Waals surface area contributed by atoms with Crippen molar-refractivity contribution in [3.8, 4) is 0 Å². The highest BCUT2D eigenvalue weighted by molar-refractivity contribution is 9.10. The second kappa shape index (κ2) is 5.41. The second-order valence-corrected chi connectivity index (χ2v) is 4.67. The van der Waals surface area contributed by atoms with E-state index in [9.17, 15) is 4.79 Å². The Kier molecular flexibility index (Phi) is 3.90. The molecule has 2 rings (SSSR count). The molecule has 0 bridgehead atoms. The number of carbonyl (C=O) groups is 1. The Bertz CT molecular complexity index is 360. The molecule has 0 spiro atoms. The fourth-order valence-corrected chi connectivity index (χ4v) is 1.99. The van der Waals surface area contributed by atoms with Gasteiger partial charge in [-0.15, -0.1) is 0 Å². The first-order valence-corrected chi connectivity index (χ1v) is 6.21. The summed E-state index contributed by atoms with van der Waals surface area (Å²) < 4.78 is 0.765. The van der Waals surface area contributed by atoms with Crippen LogP contribution >= 0.6 is 15.9 Å². The first kappa shape index (κ1) is 11.5. The summed E-state index contributed by atoms with van der Waals surface area (Å²) in [5.41, 5.74) is 0.737. The smallest absolute Gasteiger partial charge is 0.241 e. The zero-order chi connectivity index (χ0) is 11.4. The average Bonchev–Trinajstić information content (AvgIpc) is 2.33. The number of pyridine rings is 1. The lowest BCUT2D eigenvalue weighted by atomic mass is 10.0. The third kappa shape index (κ3) is 3.02. The van der Waals surface area contributed by atoms with Crippen molar-refractivity contribution < 1.29 is 4.79 Å². The maximum atomic E-state index is 11.8. The number of hydrogen-bond donors (Lipinski definition) is 2. The highest BCUT2D eigenvalue weighted by atomic mass is 79.9. The molecule has 16 heavy (non-hydrogen) atoms. The molecule has 1 aliphatic rings. The van der Waals surface area contributed by atoms with Crippen LogP contribution in [0.5, 0.6) is 0 Å². The van der Waals surface area contributed by atoms with Crippen LogP contribution in [0, 0.1) is 0 Å². The number of hydrogen-bond acceptors (Lipinski definition) is 3. The zero-order valence-electron chi connectivity index (χ0n) is 8.87. The van der Waals surface area contributed by atoms with Crippen LogP contribution in [0.4, 0.5) is 5.69 Å². The van der Waals surface area contributed by atoms with Crippen LogP contribution in [-0.2, 0) is 4.79 Å². The van der Waals surface area contributed by atoms with Crippen molar-refractivity contribution in [3.63, 3.8) is 0 Å². The van der Waals surface area contributed by atoms with Gasteiger partial charge in [0.1, 0.15) is 4.60 Å². The molecule has 4 nitrogen and oxygen atoms in total. The highest BCUT2D eigenvalue weighted by Crippen LogP contribution is 2.13. The Labute approximate surface area is 103 Å². The molecule has 1 aromatic rings. The van der Waals surface area contributed by atoms with Crippen LogP contribution in [0.25, 0.3) is 0 Å².